The number of hydrogen-bond donors (Lipinski definition) is 1. The van der Waals surface area contributed by atoms with Gasteiger partial charge in [-0.05, 0) is 53.1 Å². The Bertz CT molecular complexity index is 428. The van der Waals surface area contributed by atoms with E-state index in [0.717, 1.165) is 50.9 Å². The lowest BCUT2D eigenvalue weighted by molar-refractivity contribution is -0.136. The van der Waals surface area contributed by atoms with E-state index in [0.29, 0.717) is 13.1 Å². The summed E-state index contributed by atoms with van der Waals surface area (Å²) in [4.78, 5) is 28.9. The molecule has 5 heteroatoms. The van der Waals surface area contributed by atoms with Crippen molar-refractivity contribution in [2.24, 2.45) is 5.92 Å². The summed E-state index contributed by atoms with van der Waals surface area (Å²) in [6.45, 7) is 15.7. The molecule has 1 aliphatic heterocycles. The largest absolute Gasteiger partial charge is 0.356 e. The molecule has 1 atom stereocenters. The van der Waals surface area contributed by atoms with Crippen LogP contribution in [0.25, 0.3) is 0 Å². The van der Waals surface area contributed by atoms with Gasteiger partial charge in [-0.3, -0.25) is 14.5 Å². The van der Waals surface area contributed by atoms with Crippen LogP contribution in [0.15, 0.2) is 12.2 Å². The van der Waals surface area contributed by atoms with Crippen LogP contribution in [0.2, 0.25) is 0 Å². The van der Waals surface area contributed by atoms with Crippen LogP contribution in [0.3, 0.4) is 0 Å². The summed E-state index contributed by atoms with van der Waals surface area (Å²) in [5, 5.41) is 3.03. The van der Waals surface area contributed by atoms with E-state index in [2.05, 4.69) is 23.7 Å². The maximum Gasteiger partial charge on any atom is 0.239 e. The molecule has 0 saturated carbocycles. The number of amides is 2. The molecular weight excluding hydrogens is 302 g/mol. The van der Waals surface area contributed by atoms with Crippen LogP contribution in [-0.4, -0.2) is 60.4 Å². The summed E-state index contributed by atoms with van der Waals surface area (Å²) in [5.74, 6) is 0.434. The Kier molecular flexibility index (Phi) is 9.04. The molecule has 1 aliphatic rings. The average molecular weight is 338 g/mol. The zero-order valence-electron chi connectivity index (χ0n) is 15.9. The topological polar surface area (TPSA) is 52.7 Å². The zero-order chi connectivity index (χ0) is 18.1. The Morgan fingerprint density at radius 1 is 1.29 bits per heavy atom. The number of piperidine rings is 1. The Balaban J connectivity index is 2.46. The molecule has 0 radical (unpaired) electrons. The van der Waals surface area contributed by atoms with Crippen LogP contribution in [-0.2, 0) is 9.59 Å². The van der Waals surface area contributed by atoms with Gasteiger partial charge in [-0.15, -0.1) is 0 Å². The summed E-state index contributed by atoms with van der Waals surface area (Å²) >= 11 is 0. The fourth-order valence-corrected chi connectivity index (χ4v) is 3.17. The van der Waals surface area contributed by atoms with E-state index < -0.39 is 0 Å². The second-order valence-electron chi connectivity index (χ2n) is 6.94. The van der Waals surface area contributed by atoms with Crippen LogP contribution < -0.4 is 5.32 Å². The van der Waals surface area contributed by atoms with Gasteiger partial charge in [0, 0.05) is 25.6 Å². The molecule has 0 aromatic rings. The van der Waals surface area contributed by atoms with Gasteiger partial charge in [-0.25, -0.2) is 0 Å². The Morgan fingerprint density at radius 2 is 1.92 bits per heavy atom. The van der Waals surface area contributed by atoms with E-state index in [9.17, 15) is 9.59 Å². The van der Waals surface area contributed by atoms with Gasteiger partial charge in [0.2, 0.25) is 11.8 Å². The highest BCUT2D eigenvalue weighted by atomic mass is 16.2. The number of unbranched alkanes of at least 4 members (excludes halogenated alkanes) is 1. The summed E-state index contributed by atoms with van der Waals surface area (Å²) in [5.41, 5.74) is 1.000. The fraction of sp³-hybridized carbons (Fsp3) is 0.789. The average Bonchev–Trinajstić information content (AvgIpc) is 2.58. The maximum absolute atomic E-state index is 12.7. The molecular formula is C19H35N3O2. The number of rotatable bonds is 9. The molecule has 0 bridgehead atoms. The lowest BCUT2D eigenvalue weighted by atomic mass is 9.94. The van der Waals surface area contributed by atoms with Crippen molar-refractivity contribution in [3.05, 3.63) is 12.2 Å². The van der Waals surface area contributed by atoms with Crippen LogP contribution >= 0.6 is 0 Å². The van der Waals surface area contributed by atoms with Gasteiger partial charge in [-0.2, -0.15) is 0 Å². The molecule has 138 valence electrons. The molecule has 1 rings (SSSR count). The molecule has 1 fully saturated rings. The molecule has 2 amide bonds. The molecule has 0 aromatic heterocycles. The van der Waals surface area contributed by atoms with Gasteiger partial charge in [0.15, 0.2) is 0 Å². The first-order valence-corrected chi connectivity index (χ1v) is 9.35. The molecule has 0 aliphatic carbocycles. The standard InChI is InChI=1S/C19H35N3O2/c1-6-8-11-20-18(23)17-9-12-22(13-10-17)16(5)19(24)21(7-2)14-15(3)4/h16-17H,3,6-14H2,1-2,4-5H3,(H,20,23). The number of likely N-dealkylation sites (tertiary alicyclic amines) is 1. The van der Waals surface area contributed by atoms with Crippen molar-refractivity contribution in [1.29, 1.82) is 0 Å². The third-order valence-electron chi connectivity index (χ3n) is 4.79. The maximum atomic E-state index is 12.7. The number of nitrogens with one attached hydrogen (secondary N) is 1. The first kappa shape index (κ1) is 20.7. The predicted molar refractivity (Wildman–Crippen MR) is 98.7 cm³/mol. The SMILES string of the molecule is C=C(C)CN(CC)C(=O)C(C)N1CCC(C(=O)NCCCC)CC1. The molecule has 1 saturated heterocycles. The lowest BCUT2D eigenvalue weighted by Gasteiger charge is -2.37. The van der Waals surface area contributed by atoms with E-state index in [-0.39, 0.29) is 23.8 Å². The van der Waals surface area contributed by atoms with Crippen LogP contribution in [0.4, 0.5) is 0 Å². The summed E-state index contributed by atoms with van der Waals surface area (Å²) in [7, 11) is 0. The predicted octanol–water partition coefficient (Wildman–Crippen LogP) is 2.43. The summed E-state index contributed by atoms with van der Waals surface area (Å²) in [6.07, 6.45) is 3.80. The monoisotopic (exact) mass is 337 g/mol. The van der Waals surface area contributed by atoms with Crippen molar-refractivity contribution in [2.45, 2.75) is 59.4 Å². The third-order valence-corrected chi connectivity index (χ3v) is 4.79. The highest BCUT2D eigenvalue weighted by Crippen LogP contribution is 2.20. The lowest BCUT2D eigenvalue weighted by Crippen LogP contribution is -2.51. The molecule has 1 unspecified atom stereocenters. The molecule has 1 N–H and O–H groups in total. The number of carbonyl (C=O) groups excluding carboxylic acids is 2. The van der Waals surface area contributed by atoms with E-state index in [1.54, 1.807) is 0 Å². The Morgan fingerprint density at radius 3 is 2.42 bits per heavy atom. The van der Waals surface area contributed by atoms with Gasteiger partial charge in [0.05, 0.1) is 6.04 Å². The van der Waals surface area contributed by atoms with E-state index in [1.165, 1.54) is 0 Å². The van der Waals surface area contributed by atoms with Crippen molar-refractivity contribution >= 4 is 11.8 Å². The minimum absolute atomic E-state index is 0.0955. The number of nitrogens with zero attached hydrogens (tertiary/aromatic N) is 2. The van der Waals surface area contributed by atoms with Gasteiger partial charge < -0.3 is 10.2 Å². The van der Waals surface area contributed by atoms with Crippen LogP contribution in [0.1, 0.15) is 53.4 Å². The van der Waals surface area contributed by atoms with E-state index >= 15 is 0 Å². The number of carbonyl (C=O) groups is 2. The van der Waals surface area contributed by atoms with Crippen molar-refractivity contribution in [2.75, 3.05) is 32.7 Å². The second kappa shape index (κ2) is 10.5. The van der Waals surface area contributed by atoms with E-state index in [4.69, 9.17) is 0 Å². The smallest absolute Gasteiger partial charge is 0.239 e. The molecule has 0 spiro atoms. The third kappa shape index (κ3) is 6.27. The van der Waals surface area contributed by atoms with Gasteiger partial charge in [0.1, 0.15) is 0 Å². The summed E-state index contributed by atoms with van der Waals surface area (Å²) < 4.78 is 0. The van der Waals surface area contributed by atoms with Crippen molar-refractivity contribution in [1.82, 2.24) is 15.1 Å². The minimum Gasteiger partial charge on any atom is -0.356 e. The molecule has 5 nitrogen and oxygen atoms in total. The highest BCUT2D eigenvalue weighted by molar-refractivity contribution is 5.82. The number of likely N-dealkylation sites (N-methyl/N-ethyl adjacent to an activating group) is 1. The molecule has 24 heavy (non-hydrogen) atoms. The van der Waals surface area contributed by atoms with Gasteiger partial charge in [-0.1, -0.05) is 25.5 Å². The normalized spacial score (nSPS) is 17.3. The number of hydrogen-bond acceptors (Lipinski definition) is 3. The van der Waals surface area contributed by atoms with Gasteiger partial charge >= 0.3 is 0 Å². The fourth-order valence-electron chi connectivity index (χ4n) is 3.17. The van der Waals surface area contributed by atoms with Crippen molar-refractivity contribution in [3.63, 3.8) is 0 Å². The van der Waals surface area contributed by atoms with Crippen molar-refractivity contribution < 1.29 is 9.59 Å². The summed E-state index contributed by atoms with van der Waals surface area (Å²) in [6, 6.07) is -0.131. The highest BCUT2D eigenvalue weighted by Gasteiger charge is 2.31. The molecule has 0 aromatic carbocycles. The second-order valence-corrected chi connectivity index (χ2v) is 6.94. The van der Waals surface area contributed by atoms with Crippen molar-refractivity contribution in [3.8, 4) is 0 Å². The Labute approximate surface area is 147 Å². The van der Waals surface area contributed by atoms with Gasteiger partial charge in [0.25, 0.3) is 0 Å². The first-order valence-electron chi connectivity index (χ1n) is 9.35. The quantitative estimate of drug-likeness (QED) is 0.519. The zero-order valence-corrected chi connectivity index (χ0v) is 15.9. The minimum atomic E-state index is -0.131. The Hall–Kier alpha value is -1.36. The first-order chi connectivity index (χ1) is 11.4. The van der Waals surface area contributed by atoms with Crippen LogP contribution in [0.5, 0.6) is 0 Å². The molecule has 1 heterocycles. The van der Waals surface area contributed by atoms with E-state index in [1.807, 2.05) is 25.7 Å². The van der Waals surface area contributed by atoms with Crippen LogP contribution in [0, 0.1) is 5.92 Å².